The highest BCUT2D eigenvalue weighted by atomic mass is 32.2. The second kappa shape index (κ2) is 10.3. The molecule has 1 amide bonds. The summed E-state index contributed by atoms with van der Waals surface area (Å²) in [5, 5.41) is 15.1. The number of sulfone groups is 1. The van der Waals surface area contributed by atoms with E-state index in [4.69, 9.17) is 0 Å². The largest absolute Gasteiger partial charge is 0.355 e. The Kier molecular flexibility index (Phi) is 7.74. The number of rotatable bonds is 10. The van der Waals surface area contributed by atoms with E-state index >= 15 is 0 Å². The molecule has 178 valence electrons. The van der Waals surface area contributed by atoms with Crippen molar-refractivity contribution >= 4 is 45.2 Å². The average molecular weight is 493 g/mol. The van der Waals surface area contributed by atoms with Gasteiger partial charge in [-0.2, -0.15) is 9.97 Å². The van der Waals surface area contributed by atoms with Crippen molar-refractivity contribution in [1.82, 2.24) is 29.5 Å². The summed E-state index contributed by atoms with van der Waals surface area (Å²) >= 11 is 1.25. The van der Waals surface area contributed by atoms with Crippen molar-refractivity contribution in [3.8, 4) is 0 Å². The molecule has 0 aliphatic heterocycles. The molecule has 0 bridgehead atoms. The number of amides is 1. The van der Waals surface area contributed by atoms with E-state index in [-0.39, 0.29) is 22.6 Å². The Hall–Kier alpha value is -2.93. The summed E-state index contributed by atoms with van der Waals surface area (Å²) in [6.45, 7) is 7.13. The van der Waals surface area contributed by atoms with Crippen LogP contribution in [0, 0.1) is 0 Å². The van der Waals surface area contributed by atoms with Crippen LogP contribution in [-0.4, -0.2) is 75.9 Å². The maximum absolute atomic E-state index is 12.9. The Bertz CT molecular complexity index is 1230. The first kappa shape index (κ1) is 24.7. The lowest BCUT2D eigenvalue weighted by Crippen LogP contribution is -2.31. The van der Waals surface area contributed by atoms with Crippen LogP contribution in [0.25, 0.3) is 5.78 Å². The zero-order valence-corrected chi connectivity index (χ0v) is 20.9. The van der Waals surface area contributed by atoms with E-state index < -0.39 is 9.84 Å². The predicted molar refractivity (Wildman–Crippen MR) is 128 cm³/mol. The molecule has 1 aromatic carbocycles. The number of carbonyl (C=O) groups is 1. The molecule has 0 aliphatic carbocycles. The number of fused-ring (bicyclic) bond motifs is 1. The first-order valence-corrected chi connectivity index (χ1v) is 13.3. The van der Waals surface area contributed by atoms with Crippen LogP contribution in [0.15, 0.2) is 34.3 Å². The highest BCUT2D eigenvalue weighted by molar-refractivity contribution is 7.99. The van der Waals surface area contributed by atoms with Crippen LogP contribution in [0.1, 0.15) is 32.4 Å². The number of aromatic nitrogens is 5. The minimum absolute atomic E-state index is 0.105. The molecule has 1 atom stereocenters. The molecule has 0 fully saturated rings. The van der Waals surface area contributed by atoms with E-state index in [0.29, 0.717) is 35.9 Å². The number of hydrogen-bond donors (Lipinski definition) is 2. The Morgan fingerprint density at radius 3 is 2.39 bits per heavy atom. The lowest BCUT2D eigenvalue weighted by Gasteiger charge is -2.25. The molecule has 2 heterocycles. The minimum atomic E-state index is -3.27. The van der Waals surface area contributed by atoms with Crippen LogP contribution in [-0.2, 0) is 14.6 Å². The molecule has 0 aliphatic rings. The molecule has 13 heteroatoms. The van der Waals surface area contributed by atoms with Gasteiger partial charge in [0.2, 0.25) is 17.8 Å². The highest BCUT2D eigenvalue weighted by Gasteiger charge is 2.21. The van der Waals surface area contributed by atoms with Gasteiger partial charge in [-0.25, -0.2) is 12.8 Å². The molecular formula is C20H28N8O3S2. The Morgan fingerprint density at radius 2 is 1.79 bits per heavy atom. The molecule has 1 unspecified atom stereocenters. The van der Waals surface area contributed by atoms with Gasteiger partial charge in [0.15, 0.2) is 15.0 Å². The maximum Gasteiger partial charge on any atom is 0.261 e. The Balaban J connectivity index is 1.73. The van der Waals surface area contributed by atoms with Crippen LogP contribution in [0.3, 0.4) is 0 Å². The third-order valence-electron chi connectivity index (χ3n) is 5.01. The van der Waals surface area contributed by atoms with Gasteiger partial charge in [0.1, 0.15) is 0 Å². The normalized spacial score (nSPS) is 12.5. The van der Waals surface area contributed by atoms with Gasteiger partial charge in [-0.1, -0.05) is 23.9 Å². The van der Waals surface area contributed by atoms with Crippen LogP contribution in [0.4, 0.5) is 11.9 Å². The van der Waals surface area contributed by atoms with Crippen molar-refractivity contribution in [2.45, 2.75) is 36.9 Å². The summed E-state index contributed by atoms with van der Waals surface area (Å²) in [7, 11) is -1.55. The minimum Gasteiger partial charge on any atom is -0.355 e. The number of anilines is 2. The molecule has 0 saturated heterocycles. The topological polar surface area (TPSA) is 134 Å². The molecule has 11 nitrogen and oxygen atoms in total. The number of nitrogens with zero attached hydrogens (tertiary/aromatic N) is 6. The maximum atomic E-state index is 12.9. The summed E-state index contributed by atoms with van der Waals surface area (Å²) in [5.41, 5.74) is 0.843. The third kappa shape index (κ3) is 5.71. The monoisotopic (exact) mass is 492 g/mol. The van der Waals surface area contributed by atoms with Crippen LogP contribution < -0.4 is 10.6 Å². The fourth-order valence-corrected chi connectivity index (χ4v) is 4.54. The molecule has 0 radical (unpaired) electrons. The van der Waals surface area contributed by atoms with Gasteiger partial charge >= 0.3 is 0 Å². The second-order valence-corrected chi connectivity index (χ2v) is 10.3. The summed E-state index contributed by atoms with van der Waals surface area (Å²) in [6.07, 6.45) is 1.17. The van der Waals surface area contributed by atoms with Crippen molar-refractivity contribution in [1.29, 1.82) is 0 Å². The zero-order chi connectivity index (χ0) is 24.2. The molecular weight excluding hydrogens is 464 g/mol. The molecule has 3 aromatic rings. The van der Waals surface area contributed by atoms with Gasteiger partial charge in [-0.3, -0.25) is 4.79 Å². The van der Waals surface area contributed by atoms with Crippen LogP contribution in [0.5, 0.6) is 0 Å². The van der Waals surface area contributed by atoms with E-state index in [1.165, 1.54) is 18.0 Å². The summed E-state index contributed by atoms with van der Waals surface area (Å²) in [6, 6.07) is 6.34. The smallest absolute Gasteiger partial charge is 0.261 e. The molecule has 0 saturated carbocycles. The standard InChI is InChI=1S/C20H28N8O3S2/c1-6-21-17-23-18(22-7-2)28-19(24-17)25-26-20(28)32-12-16(29)27(4)13(3)14-8-10-15(11-9-14)33(5,30)31/h8-11,13H,6-7,12H2,1-5H3,(H2,21,22,23,24,25). The SMILES string of the molecule is CCNc1nc(NCC)n2c(SCC(=O)N(C)C(C)c3ccc(S(C)(=O)=O)cc3)nnc2n1. The van der Waals surface area contributed by atoms with E-state index in [1.807, 2.05) is 20.8 Å². The van der Waals surface area contributed by atoms with E-state index in [9.17, 15) is 13.2 Å². The van der Waals surface area contributed by atoms with Gasteiger partial charge in [0.05, 0.1) is 16.7 Å². The average Bonchev–Trinajstić information content (AvgIpc) is 3.19. The number of nitrogens with one attached hydrogen (secondary N) is 2. The van der Waals surface area contributed by atoms with Gasteiger partial charge in [-0.05, 0) is 38.5 Å². The Labute approximate surface area is 197 Å². The predicted octanol–water partition coefficient (Wildman–Crippen LogP) is 2.10. The molecule has 2 N–H and O–H groups in total. The summed E-state index contributed by atoms with van der Waals surface area (Å²) in [4.78, 5) is 23.6. The first-order valence-electron chi connectivity index (χ1n) is 10.4. The zero-order valence-electron chi connectivity index (χ0n) is 19.2. The number of carbonyl (C=O) groups excluding carboxylic acids is 1. The van der Waals surface area contributed by atoms with Crippen molar-refractivity contribution in [3.05, 3.63) is 29.8 Å². The van der Waals surface area contributed by atoms with E-state index in [0.717, 1.165) is 5.56 Å². The molecule has 3 rings (SSSR count). The summed E-state index contributed by atoms with van der Waals surface area (Å²) < 4.78 is 25.0. The Morgan fingerprint density at radius 1 is 1.12 bits per heavy atom. The van der Waals surface area contributed by atoms with Crippen LogP contribution >= 0.6 is 11.8 Å². The van der Waals surface area contributed by atoms with Crippen LogP contribution in [0.2, 0.25) is 0 Å². The number of thioether (sulfide) groups is 1. The fraction of sp³-hybridized carbons (Fsp3) is 0.450. The van der Waals surface area contributed by atoms with Gasteiger partial charge in [0.25, 0.3) is 5.78 Å². The van der Waals surface area contributed by atoms with Crippen molar-refractivity contribution in [3.63, 3.8) is 0 Å². The third-order valence-corrected chi connectivity index (χ3v) is 7.05. The van der Waals surface area contributed by atoms with E-state index in [1.54, 1.807) is 40.6 Å². The quantitative estimate of drug-likeness (QED) is 0.405. The van der Waals surface area contributed by atoms with Crippen molar-refractivity contribution in [2.24, 2.45) is 0 Å². The second-order valence-electron chi connectivity index (χ2n) is 7.36. The molecule has 33 heavy (non-hydrogen) atoms. The molecule has 2 aromatic heterocycles. The van der Waals surface area contributed by atoms with Gasteiger partial charge in [-0.15, -0.1) is 10.2 Å². The molecule has 0 spiro atoms. The number of benzene rings is 1. The highest BCUT2D eigenvalue weighted by Crippen LogP contribution is 2.24. The van der Waals surface area contributed by atoms with Crippen molar-refractivity contribution < 1.29 is 13.2 Å². The van der Waals surface area contributed by atoms with Crippen molar-refractivity contribution in [2.75, 3.05) is 42.8 Å². The first-order chi connectivity index (χ1) is 15.7. The summed E-state index contributed by atoms with van der Waals surface area (Å²) in [5.74, 6) is 1.43. The van der Waals surface area contributed by atoms with Gasteiger partial charge < -0.3 is 15.5 Å². The van der Waals surface area contributed by atoms with E-state index in [2.05, 4.69) is 30.8 Å². The lowest BCUT2D eigenvalue weighted by molar-refractivity contribution is -0.128. The lowest BCUT2D eigenvalue weighted by atomic mass is 10.1. The fourth-order valence-electron chi connectivity index (χ4n) is 3.06. The van der Waals surface area contributed by atoms with Gasteiger partial charge in [0, 0.05) is 26.4 Å². The number of hydrogen-bond acceptors (Lipinski definition) is 10.